The van der Waals surface area contributed by atoms with Gasteiger partial charge < -0.3 is 5.32 Å². The van der Waals surface area contributed by atoms with Gasteiger partial charge in [-0.25, -0.2) is 5.10 Å². The van der Waals surface area contributed by atoms with Crippen LogP contribution in [0.3, 0.4) is 0 Å². The molecular weight excluding hydrogens is 226 g/mol. The van der Waals surface area contributed by atoms with E-state index < -0.39 is 0 Å². The Morgan fingerprint density at radius 3 is 2.94 bits per heavy atom. The van der Waals surface area contributed by atoms with E-state index in [1.807, 2.05) is 0 Å². The van der Waals surface area contributed by atoms with Crippen molar-refractivity contribution in [3.63, 3.8) is 0 Å². The average molecular weight is 242 g/mol. The number of rotatable bonds is 3. The lowest BCUT2D eigenvalue weighted by Gasteiger charge is -2.24. The zero-order valence-corrected chi connectivity index (χ0v) is 10.1. The smallest absolute Gasteiger partial charge is 0.285 e. The predicted molar refractivity (Wildman–Crippen MR) is 64.9 cm³/mol. The van der Waals surface area contributed by atoms with E-state index in [1.54, 1.807) is 6.20 Å². The molecule has 1 heterocycles. The van der Waals surface area contributed by atoms with E-state index in [0.717, 1.165) is 6.54 Å². The molecule has 1 aromatic heterocycles. The molecule has 1 aromatic rings. The zero-order valence-electron chi connectivity index (χ0n) is 9.35. The van der Waals surface area contributed by atoms with Gasteiger partial charge in [0.15, 0.2) is 0 Å². The second-order valence-corrected chi connectivity index (χ2v) is 5.18. The van der Waals surface area contributed by atoms with Gasteiger partial charge in [0.2, 0.25) is 0 Å². The second kappa shape index (κ2) is 4.45. The van der Waals surface area contributed by atoms with Crippen LogP contribution in [0.25, 0.3) is 0 Å². The lowest BCUT2D eigenvalue weighted by atomic mass is 9.89. The number of nitrogens with one attached hydrogen (secondary N) is 2. The number of nitrogens with zero attached hydrogens (tertiary/aromatic N) is 1. The maximum Gasteiger partial charge on any atom is 0.285 e. The first-order valence-corrected chi connectivity index (χ1v) is 5.96. The normalized spacial score (nSPS) is 18.6. The number of halogens is 1. The Bertz CT molecular complexity index is 423. The predicted octanol–water partition coefficient (Wildman–Crippen LogP) is 2.42. The summed E-state index contributed by atoms with van der Waals surface area (Å²) in [5.74, 6) is 0. The van der Waals surface area contributed by atoms with Crippen LogP contribution in [-0.2, 0) is 0 Å². The number of H-pyrrole nitrogens is 1. The number of aromatic amines is 1. The first-order valence-electron chi connectivity index (χ1n) is 5.58. The molecule has 0 amide bonds. The molecule has 0 spiro atoms. The first-order chi connectivity index (χ1) is 7.61. The summed E-state index contributed by atoms with van der Waals surface area (Å²) >= 11 is 5.88. The van der Waals surface area contributed by atoms with Gasteiger partial charge in [0, 0.05) is 6.54 Å². The fraction of sp³-hybridized carbons (Fsp3) is 0.636. The van der Waals surface area contributed by atoms with Crippen molar-refractivity contribution >= 4 is 17.3 Å². The van der Waals surface area contributed by atoms with Crippen molar-refractivity contribution in [1.29, 1.82) is 0 Å². The Morgan fingerprint density at radius 1 is 1.56 bits per heavy atom. The number of hydrogen-bond donors (Lipinski definition) is 2. The molecule has 5 heteroatoms. The van der Waals surface area contributed by atoms with Gasteiger partial charge in [-0.15, -0.1) is 0 Å². The summed E-state index contributed by atoms with van der Waals surface area (Å²) in [6.45, 7) is 3.11. The molecule has 1 aliphatic carbocycles. The van der Waals surface area contributed by atoms with Crippen LogP contribution in [0.5, 0.6) is 0 Å². The van der Waals surface area contributed by atoms with Crippen molar-refractivity contribution < 1.29 is 0 Å². The molecule has 2 N–H and O–H groups in total. The average Bonchev–Trinajstić information content (AvgIpc) is 2.68. The maximum absolute atomic E-state index is 11.2. The van der Waals surface area contributed by atoms with Gasteiger partial charge in [-0.2, -0.15) is 5.10 Å². The molecule has 2 rings (SSSR count). The Hall–Kier alpha value is -1.03. The lowest BCUT2D eigenvalue weighted by Crippen LogP contribution is -2.24. The molecule has 0 saturated heterocycles. The summed E-state index contributed by atoms with van der Waals surface area (Å²) in [6, 6.07) is 0. The minimum atomic E-state index is -0.344. The molecule has 16 heavy (non-hydrogen) atoms. The minimum Gasteiger partial charge on any atom is -0.382 e. The Balaban J connectivity index is 2.04. The quantitative estimate of drug-likeness (QED) is 0.855. The molecule has 0 aliphatic heterocycles. The van der Waals surface area contributed by atoms with Crippen molar-refractivity contribution in [2.24, 2.45) is 5.41 Å². The van der Waals surface area contributed by atoms with Gasteiger partial charge in [0.1, 0.15) is 5.02 Å². The van der Waals surface area contributed by atoms with Crippen LogP contribution in [0, 0.1) is 5.41 Å². The Kier molecular flexibility index (Phi) is 3.19. The minimum absolute atomic E-state index is 0.191. The summed E-state index contributed by atoms with van der Waals surface area (Å²) in [5.41, 5.74) is 0.605. The fourth-order valence-electron chi connectivity index (χ4n) is 2.22. The summed E-state index contributed by atoms with van der Waals surface area (Å²) in [4.78, 5) is 11.2. The second-order valence-electron chi connectivity index (χ2n) is 4.80. The molecule has 1 fully saturated rings. The highest BCUT2D eigenvalue weighted by atomic mass is 35.5. The molecular formula is C11H16ClN3O. The van der Waals surface area contributed by atoms with Crippen LogP contribution in [0.1, 0.15) is 32.6 Å². The largest absolute Gasteiger partial charge is 0.382 e. The lowest BCUT2D eigenvalue weighted by molar-refractivity contribution is 0.362. The van der Waals surface area contributed by atoms with E-state index in [1.165, 1.54) is 25.7 Å². The fourth-order valence-corrected chi connectivity index (χ4v) is 2.38. The van der Waals surface area contributed by atoms with Gasteiger partial charge in [0.25, 0.3) is 5.56 Å². The van der Waals surface area contributed by atoms with Crippen molar-refractivity contribution in [2.75, 3.05) is 11.9 Å². The van der Waals surface area contributed by atoms with Crippen molar-refractivity contribution in [3.05, 3.63) is 21.6 Å². The third-order valence-electron chi connectivity index (χ3n) is 3.31. The van der Waals surface area contributed by atoms with Crippen molar-refractivity contribution in [3.8, 4) is 0 Å². The highest BCUT2D eigenvalue weighted by molar-refractivity contribution is 6.32. The first kappa shape index (κ1) is 11.5. The summed E-state index contributed by atoms with van der Waals surface area (Å²) in [7, 11) is 0. The standard InChI is InChI=1S/C11H16ClN3O/c1-11(4-2-3-5-11)7-13-8-6-14-15-10(16)9(8)12/h6H,2-5,7H2,1H3,(H2,13,15,16). The number of hydrogen-bond acceptors (Lipinski definition) is 3. The van der Waals surface area contributed by atoms with Gasteiger partial charge in [0.05, 0.1) is 11.9 Å². The van der Waals surface area contributed by atoms with E-state index in [9.17, 15) is 4.79 Å². The van der Waals surface area contributed by atoms with Crippen LogP contribution in [0.2, 0.25) is 5.02 Å². The number of aromatic nitrogens is 2. The molecule has 1 saturated carbocycles. The molecule has 88 valence electrons. The number of anilines is 1. The van der Waals surface area contributed by atoms with Crippen molar-refractivity contribution in [2.45, 2.75) is 32.6 Å². The molecule has 0 atom stereocenters. The van der Waals surface area contributed by atoms with Gasteiger partial charge in [-0.1, -0.05) is 31.4 Å². The van der Waals surface area contributed by atoms with Crippen LogP contribution in [0.15, 0.2) is 11.0 Å². The van der Waals surface area contributed by atoms with Gasteiger partial charge in [-0.05, 0) is 18.3 Å². The molecule has 4 nitrogen and oxygen atoms in total. The highest BCUT2D eigenvalue weighted by Crippen LogP contribution is 2.37. The SMILES string of the molecule is CC1(CNc2cn[nH]c(=O)c2Cl)CCCC1. The summed E-state index contributed by atoms with van der Waals surface area (Å²) < 4.78 is 0. The van der Waals surface area contributed by atoms with Crippen LogP contribution in [-0.4, -0.2) is 16.7 Å². The molecule has 0 bridgehead atoms. The monoisotopic (exact) mass is 241 g/mol. The van der Waals surface area contributed by atoms with Crippen molar-refractivity contribution in [1.82, 2.24) is 10.2 Å². The van der Waals surface area contributed by atoms with E-state index >= 15 is 0 Å². The van der Waals surface area contributed by atoms with Crippen LogP contribution >= 0.6 is 11.6 Å². The molecule has 0 radical (unpaired) electrons. The third-order valence-corrected chi connectivity index (χ3v) is 3.69. The van der Waals surface area contributed by atoms with E-state index in [-0.39, 0.29) is 10.6 Å². The highest BCUT2D eigenvalue weighted by Gasteiger charge is 2.28. The van der Waals surface area contributed by atoms with E-state index in [4.69, 9.17) is 11.6 Å². The summed E-state index contributed by atoms with van der Waals surface area (Å²) in [5, 5.41) is 9.44. The van der Waals surface area contributed by atoms with Crippen LogP contribution < -0.4 is 10.9 Å². The maximum atomic E-state index is 11.2. The van der Waals surface area contributed by atoms with E-state index in [2.05, 4.69) is 22.4 Å². The van der Waals surface area contributed by atoms with Gasteiger partial charge >= 0.3 is 0 Å². The Labute approximate surface area is 99.4 Å². The van der Waals surface area contributed by atoms with E-state index in [0.29, 0.717) is 11.1 Å². The van der Waals surface area contributed by atoms with Crippen LogP contribution in [0.4, 0.5) is 5.69 Å². The molecule has 0 aromatic carbocycles. The third kappa shape index (κ3) is 2.38. The van der Waals surface area contributed by atoms with Gasteiger partial charge in [-0.3, -0.25) is 4.79 Å². The topological polar surface area (TPSA) is 57.8 Å². The molecule has 0 unspecified atom stereocenters. The molecule has 1 aliphatic rings. The Morgan fingerprint density at radius 2 is 2.25 bits per heavy atom. The summed E-state index contributed by atoms with van der Waals surface area (Å²) in [6.07, 6.45) is 6.60. The zero-order chi connectivity index (χ0) is 11.6.